The molecule has 3 heterocycles. The molecule has 1 aromatic rings. The number of nitrogens with one attached hydrogen (secondary N) is 1. The number of benzene rings is 1. The minimum atomic E-state index is -0.205. The molecule has 3 saturated heterocycles. The van der Waals surface area contributed by atoms with Gasteiger partial charge in [0, 0.05) is 77.7 Å². The molecule has 3 fully saturated rings. The van der Waals surface area contributed by atoms with Crippen LogP contribution < -0.4 is 10.2 Å². The third-order valence-corrected chi connectivity index (χ3v) is 6.10. The maximum absolute atomic E-state index is 12.2. The van der Waals surface area contributed by atoms with Crippen LogP contribution in [0.2, 0.25) is 0 Å². The number of nitrogens with zero attached hydrogens (tertiary/aromatic N) is 4. The molecule has 7 heteroatoms. The van der Waals surface area contributed by atoms with Gasteiger partial charge in [0.25, 0.3) is 0 Å². The maximum Gasteiger partial charge on any atom is 0.429 e. The zero-order chi connectivity index (χ0) is 19.3. The Kier molecular flexibility index (Phi) is 6.34. The number of carbonyl (C=O) groups excluding carboxylic acids is 1. The molecule has 1 amide bonds. The lowest BCUT2D eigenvalue weighted by atomic mass is 10.1. The summed E-state index contributed by atoms with van der Waals surface area (Å²) in [6.45, 7) is 12.1. The second-order valence-electron chi connectivity index (χ2n) is 8.10. The number of anilines is 1. The van der Waals surface area contributed by atoms with Crippen molar-refractivity contribution >= 4 is 11.8 Å². The van der Waals surface area contributed by atoms with Gasteiger partial charge in [0.1, 0.15) is 0 Å². The summed E-state index contributed by atoms with van der Waals surface area (Å²) in [5.74, 6) is 0. The molecule has 154 valence electrons. The van der Waals surface area contributed by atoms with Crippen LogP contribution in [0.3, 0.4) is 0 Å². The van der Waals surface area contributed by atoms with E-state index < -0.39 is 0 Å². The van der Waals surface area contributed by atoms with E-state index in [0.717, 1.165) is 58.9 Å². The first-order chi connectivity index (χ1) is 13.7. The molecule has 28 heavy (non-hydrogen) atoms. The normalized spacial score (nSPS) is 21.9. The summed E-state index contributed by atoms with van der Waals surface area (Å²) in [5.41, 5.74) is 4.13. The lowest BCUT2D eigenvalue weighted by Crippen LogP contribution is -2.51. The Hall–Kier alpha value is -1.83. The summed E-state index contributed by atoms with van der Waals surface area (Å²) >= 11 is 0. The predicted octanol–water partition coefficient (Wildman–Crippen LogP) is 1.67. The Bertz CT molecular complexity index is 663. The molecule has 0 atom stereocenters. The van der Waals surface area contributed by atoms with Gasteiger partial charge in [0.2, 0.25) is 0 Å². The van der Waals surface area contributed by atoms with Crippen LogP contribution in [-0.4, -0.2) is 86.4 Å². The van der Waals surface area contributed by atoms with Crippen molar-refractivity contribution < 1.29 is 9.63 Å². The lowest BCUT2D eigenvalue weighted by Gasteiger charge is -2.35. The number of hydroxylamine groups is 2. The average Bonchev–Trinajstić information content (AvgIpc) is 3.26. The van der Waals surface area contributed by atoms with Gasteiger partial charge in [0.05, 0.1) is 0 Å². The molecule has 3 aliphatic heterocycles. The maximum atomic E-state index is 12.2. The smallest absolute Gasteiger partial charge is 0.372 e. The molecule has 0 aliphatic carbocycles. The molecule has 3 aliphatic rings. The molecule has 7 nitrogen and oxygen atoms in total. The highest BCUT2D eigenvalue weighted by atomic mass is 16.7. The van der Waals surface area contributed by atoms with E-state index in [0.29, 0.717) is 0 Å². The van der Waals surface area contributed by atoms with Crippen molar-refractivity contribution in [1.82, 2.24) is 20.2 Å². The predicted molar refractivity (Wildman–Crippen MR) is 110 cm³/mol. The quantitative estimate of drug-likeness (QED) is 0.848. The molecule has 0 bridgehead atoms. The fourth-order valence-corrected chi connectivity index (χ4v) is 4.26. The van der Waals surface area contributed by atoms with E-state index >= 15 is 0 Å². The van der Waals surface area contributed by atoms with Crippen molar-refractivity contribution in [2.75, 3.05) is 70.3 Å². The van der Waals surface area contributed by atoms with Gasteiger partial charge in [-0.3, -0.25) is 4.90 Å². The molecule has 0 radical (unpaired) electrons. The minimum Gasteiger partial charge on any atom is -0.372 e. The highest BCUT2D eigenvalue weighted by Crippen LogP contribution is 2.24. The van der Waals surface area contributed by atoms with Crippen molar-refractivity contribution in [2.45, 2.75) is 26.3 Å². The number of piperazine rings is 2. The topological polar surface area (TPSA) is 51.3 Å². The van der Waals surface area contributed by atoms with Gasteiger partial charge in [-0.25, -0.2) is 4.79 Å². The van der Waals surface area contributed by atoms with E-state index in [1.807, 2.05) is 5.06 Å². The Morgan fingerprint density at radius 2 is 1.71 bits per heavy atom. The first kappa shape index (κ1) is 19.5. The van der Waals surface area contributed by atoms with Crippen LogP contribution in [0.25, 0.3) is 0 Å². The Morgan fingerprint density at radius 3 is 2.39 bits per heavy atom. The van der Waals surface area contributed by atoms with Gasteiger partial charge in [-0.15, -0.1) is 5.06 Å². The largest absolute Gasteiger partial charge is 0.429 e. The van der Waals surface area contributed by atoms with Gasteiger partial charge in [-0.05, 0) is 43.0 Å². The molecule has 0 aromatic heterocycles. The van der Waals surface area contributed by atoms with Gasteiger partial charge in [-0.2, -0.15) is 0 Å². The van der Waals surface area contributed by atoms with E-state index in [2.05, 4.69) is 40.2 Å². The van der Waals surface area contributed by atoms with E-state index in [1.165, 1.54) is 42.7 Å². The number of amides is 1. The molecule has 0 spiro atoms. The first-order valence-electron chi connectivity index (χ1n) is 10.7. The summed E-state index contributed by atoms with van der Waals surface area (Å²) in [6.07, 6.45) is 2.41. The second kappa shape index (κ2) is 9.11. The van der Waals surface area contributed by atoms with Crippen molar-refractivity contribution in [1.29, 1.82) is 0 Å². The standard InChI is InChI=1S/C21H33N5O2/c1-18-16-20(24-8-2-3-9-24)5-4-19(18)17-23-12-14-26(15-13-23)28-21(27)25-10-6-22-7-11-25/h4-5,16,22H,2-3,6-15,17H2,1H3. The second-order valence-corrected chi connectivity index (χ2v) is 8.10. The fraction of sp³-hybridized carbons (Fsp3) is 0.667. The van der Waals surface area contributed by atoms with Gasteiger partial charge < -0.3 is 20.0 Å². The van der Waals surface area contributed by atoms with Gasteiger partial charge >= 0.3 is 6.09 Å². The van der Waals surface area contributed by atoms with Crippen LogP contribution >= 0.6 is 0 Å². The highest BCUT2D eigenvalue weighted by Gasteiger charge is 2.24. The summed E-state index contributed by atoms with van der Waals surface area (Å²) < 4.78 is 0. The van der Waals surface area contributed by atoms with Crippen LogP contribution in [0, 0.1) is 6.92 Å². The van der Waals surface area contributed by atoms with Crippen molar-refractivity contribution in [3.63, 3.8) is 0 Å². The number of carbonyl (C=O) groups is 1. The number of aryl methyl sites for hydroxylation is 1. The molecule has 0 saturated carbocycles. The van der Waals surface area contributed by atoms with Crippen LogP contribution in [0.4, 0.5) is 10.5 Å². The number of hydrogen-bond donors (Lipinski definition) is 1. The van der Waals surface area contributed by atoms with Crippen molar-refractivity contribution in [3.05, 3.63) is 29.3 Å². The summed E-state index contributed by atoms with van der Waals surface area (Å²) in [6, 6.07) is 6.91. The first-order valence-corrected chi connectivity index (χ1v) is 10.7. The van der Waals surface area contributed by atoms with Crippen molar-refractivity contribution in [3.8, 4) is 0 Å². The van der Waals surface area contributed by atoms with Crippen molar-refractivity contribution in [2.24, 2.45) is 0 Å². The lowest BCUT2D eigenvalue weighted by molar-refractivity contribution is -0.134. The Labute approximate surface area is 168 Å². The molecule has 0 unspecified atom stereocenters. The zero-order valence-electron chi connectivity index (χ0n) is 17.0. The van der Waals surface area contributed by atoms with Gasteiger partial charge in [0.15, 0.2) is 0 Å². The third kappa shape index (κ3) is 4.77. The third-order valence-electron chi connectivity index (χ3n) is 6.10. The van der Waals surface area contributed by atoms with E-state index in [9.17, 15) is 4.79 Å². The Balaban J connectivity index is 1.24. The fourth-order valence-electron chi connectivity index (χ4n) is 4.26. The van der Waals surface area contributed by atoms with Crippen LogP contribution in [0.1, 0.15) is 24.0 Å². The summed E-state index contributed by atoms with van der Waals surface area (Å²) in [7, 11) is 0. The monoisotopic (exact) mass is 387 g/mol. The molecular formula is C21H33N5O2. The highest BCUT2D eigenvalue weighted by molar-refractivity contribution is 5.67. The average molecular weight is 388 g/mol. The zero-order valence-corrected chi connectivity index (χ0v) is 17.0. The minimum absolute atomic E-state index is 0.205. The van der Waals surface area contributed by atoms with Crippen LogP contribution in [0.5, 0.6) is 0 Å². The molecule has 1 aromatic carbocycles. The summed E-state index contributed by atoms with van der Waals surface area (Å²) in [4.78, 5) is 24.6. The van der Waals surface area contributed by atoms with E-state index in [1.54, 1.807) is 4.90 Å². The SMILES string of the molecule is Cc1cc(N2CCCC2)ccc1CN1CCN(OC(=O)N2CCNCC2)CC1. The van der Waals surface area contributed by atoms with Crippen LogP contribution in [0.15, 0.2) is 18.2 Å². The van der Waals surface area contributed by atoms with E-state index in [-0.39, 0.29) is 6.09 Å². The van der Waals surface area contributed by atoms with Crippen LogP contribution in [-0.2, 0) is 11.4 Å². The number of hydrogen-bond acceptors (Lipinski definition) is 6. The molecule has 1 N–H and O–H groups in total. The van der Waals surface area contributed by atoms with E-state index in [4.69, 9.17) is 4.84 Å². The number of rotatable bonds is 4. The summed E-state index contributed by atoms with van der Waals surface area (Å²) in [5, 5.41) is 5.08. The van der Waals surface area contributed by atoms with Gasteiger partial charge in [-0.1, -0.05) is 6.07 Å². The Morgan fingerprint density at radius 1 is 1.00 bits per heavy atom. The molecular weight excluding hydrogens is 354 g/mol. The molecule has 4 rings (SSSR count).